The van der Waals surface area contributed by atoms with Crippen LogP contribution in [0.25, 0.3) is 0 Å². The largest absolute Gasteiger partial charge is 0.389 e. The molecule has 0 saturated carbocycles. The van der Waals surface area contributed by atoms with Crippen LogP contribution in [-0.2, 0) is 9.84 Å². The Morgan fingerprint density at radius 1 is 1.13 bits per heavy atom. The number of benzene rings is 1. The molecule has 1 amide bonds. The SMILES string of the molecule is CC(C)(O)CN1CCN(C(=O)c2ccc(S(C)(=O)=O)cc2)CC1. The molecular formula is C16H24N2O4S. The number of nitrogens with zero attached hydrogens (tertiary/aromatic N) is 2. The van der Waals surface area contributed by atoms with E-state index in [9.17, 15) is 18.3 Å². The molecule has 1 heterocycles. The van der Waals surface area contributed by atoms with Crippen molar-refractivity contribution in [1.82, 2.24) is 9.80 Å². The lowest BCUT2D eigenvalue weighted by molar-refractivity contribution is 0.0178. The Hall–Kier alpha value is -1.44. The summed E-state index contributed by atoms with van der Waals surface area (Å²) in [5, 5.41) is 9.84. The number of carbonyl (C=O) groups excluding carboxylic acids is 1. The molecule has 23 heavy (non-hydrogen) atoms. The van der Waals surface area contributed by atoms with Crippen LogP contribution < -0.4 is 0 Å². The first kappa shape index (κ1) is 17.9. The number of β-amino-alcohol motifs (C(OH)–C–C–N with tert-alkyl or cyclic N) is 1. The van der Waals surface area contributed by atoms with Gasteiger partial charge in [0, 0.05) is 44.5 Å². The van der Waals surface area contributed by atoms with E-state index in [0.29, 0.717) is 25.2 Å². The van der Waals surface area contributed by atoms with Gasteiger partial charge in [-0.3, -0.25) is 9.69 Å². The highest BCUT2D eigenvalue weighted by Gasteiger charge is 2.25. The molecule has 1 N–H and O–H groups in total. The zero-order valence-electron chi connectivity index (χ0n) is 13.8. The molecule has 1 fully saturated rings. The fourth-order valence-corrected chi connectivity index (χ4v) is 3.31. The number of piperazine rings is 1. The average Bonchev–Trinajstić information content (AvgIpc) is 2.45. The fourth-order valence-electron chi connectivity index (χ4n) is 2.68. The molecule has 0 bridgehead atoms. The molecule has 1 aliphatic heterocycles. The minimum atomic E-state index is -3.25. The van der Waals surface area contributed by atoms with Crippen molar-refractivity contribution in [3.8, 4) is 0 Å². The summed E-state index contributed by atoms with van der Waals surface area (Å²) in [6.45, 7) is 6.76. The number of carbonyl (C=O) groups is 1. The predicted molar refractivity (Wildman–Crippen MR) is 88.2 cm³/mol. The molecular weight excluding hydrogens is 316 g/mol. The molecule has 1 aromatic carbocycles. The summed E-state index contributed by atoms with van der Waals surface area (Å²) in [6, 6.07) is 6.05. The number of hydrogen-bond acceptors (Lipinski definition) is 5. The van der Waals surface area contributed by atoms with Crippen LogP contribution in [0.5, 0.6) is 0 Å². The monoisotopic (exact) mass is 340 g/mol. The van der Waals surface area contributed by atoms with Crippen LogP contribution in [0.15, 0.2) is 29.2 Å². The number of aliphatic hydroxyl groups is 1. The molecule has 128 valence electrons. The molecule has 0 unspecified atom stereocenters. The molecule has 0 radical (unpaired) electrons. The predicted octanol–water partition coefficient (Wildman–Crippen LogP) is 0.619. The molecule has 1 aliphatic rings. The van der Waals surface area contributed by atoms with Gasteiger partial charge in [-0.2, -0.15) is 0 Å². The summed E-state index contributed by atoms with van der Waals surface area (Å²) in [5.74, 6) is -0.0899. The first-order valence-electron chi connectivity index (χ1n) is 7.60. The molecule has 1 aromatic rings. The van der Waals surface area contributed by atoms with E-state index < -0.39 is 15.4 Å². The van der Waals surface area contributed by atoms with Gasteiger partial charge in [0.25, 0.3) is 5.91 Å². The summed E-state index contributed by atoms with van der Waals surface area (Å²) < 4.78 is 22.9. The van der Waals surface area contributed by atoms with Gasteiger partial charge in [0.2, 0.25) is 0 Å². The average molecular weight is 340 g/mol. The third-order valence-electron chi connectivity index (χ3n) is 3.80. The van der Waals surface area contributed by atoms with Crippen molar-refractivity contribution in [1.29, 1.82) is 0 Å². The molecule has 0 aliphatic carbocycles. The lowest BCUT2D eigenvalue weighted by atomic mass is 10.1. The lowest BCUT2D eigenvalue weighted by Gasteiger charge is -2.37. The summed E-state index contributed by atoms with van der Waals surface area (Å²) in [7, 11) is -3.25. The zero-order valence-corrected chi connectivity index (χ0v) is 14.6. The summed E-state index contributed by atoms with van der Waals surface area (Å²) in [6.07, 6.45) is 1.14. The Labute approximate surface area is 137 Å². The second kappa shape index (κ2) is 6.59. The Morgan fingerprint density at radius 2 is 1.65 bits per heavy atom. The molecule has 0 spiro atoms. The highest BCUT2D eigenvalue weighted by Crippen LogP contribution is 2.14. The smallest absolute Gasteiger partial charge is 0.253 e. The summed E-state index contributed by atoms with van der Waals surface area (Å²) in [4.78, 5) is 16.6. The van der Waals surface area contributed by atoms with Crippen LogP contribution in [-0.4, -0.2) is 73.8 Å². The third kappa shape index (κ3) is 5.02. The van der Waals surface area contributed by atoms with Crippen LogP contribution in [0, 0.1) is 0 Å². The fraction of sp³-hybridized carbons (Fsp3) is 0.562. The van der Waals surface area contributed by atoms with Gasteiger partial charge < -0.3 is 10.0 Å². The van der Waals surface area contributed by atoms with Crippen molar-refractivity contribution < 1.29 is 18.3 Å². The van der Waals surface area contributed by atoms with Crippen molar-refractivity contribution in [2.45, 2.75) is 24.3 Å². The molecule has 2 rings (SSSR count). The highest BCUT2D eigenvalue weighted by molar-refractivity contribution is 7.90. The lowest BCUT2D eigenvalue weighted by Crippen LogP contribution is -2.51. The first-order valence-corrected chi connectivity index (χ1v) is 9.49. The van der Waals surface area contributed by atoms with Gasteiger partial charge in [-0.15, -0.1) is 0 Å². The van der Waals surface area contributed by atoms with Gasteiger partial charge in [-0.25, -0.2) is 8.42 Å². The van der Waals surface area contributed by atoms with Crippen molar-refractivity contribution in [3.05, 3.63) is 29.8 Å². The highest BCUT2D eigenvalue weighted by atomic mass is 32.2. The molecule has 0 aromatic heterocycles. The molecule has 1 saturated heterocycles. The maximum Gasteiger partial charge on any atom is 0.253 e. The summed E-state index contributed by atoms with van der Waals surface area (Å²) >= 11 is 0. The van der Waals surface area contributed by atoms with Gasteiger partial charge in [0.1, 0.15) is 0 Å². The number of hydrogen-bond donors (Lipinski definition) is 1. The van der Waals surface area contributed by atoms with E-state index in [1.54, 1.807) is 30.9 Å². The van der Waals surface area contributed by atoms with Crippen molar-refractivity contribution >= 4 is 15.7 Å². The normalized spacial score (nSPS) is 17.3. The van der Waals surface area contributed by atoms with Crippen LogP contribution in [0.4, 0.5) is 0 Å². The number of sulfone groups is 1. The quantitative estimate of drug-likeness (QED) is 0.869. The van der Waals surface area contributed by atoms with Gasteiger partial charge >= 0.3 is 0 Å². The summed E-state index contributed by atoms with van der Waals surface area (Å²) in [5.41, 5.74) is -0.249. The van der Waals surface area contributed by atoms with E-state index in [4.69, 9.17) is 0 Å². The van der Waals surface area contributed by atoms with Gasteiger partial charge in [-0.1, -0.05) is 0 Å². The zero-order chi connectivity index (χ0) is 17.3. The van der Waals surface area contributed by atoms with Crippen LogP contribution >= 0.6 is 0 Å². The maximum atomic E-state index is 12.5. The van der Waals surface area contributed by atoms with Gasteiger partial charge in [-0.05, 0) is 38.1 Å². The standard InChI is InChI=1S/C16H24N2O4S/c1-16(2,20)12-17-8-10-18(11-9-17)15(19)13-4-6-14(7-5-13)23(3,21)22/h4-7,20H,8-12H2,1-3H3. The van der Waals surface area contributed by atoms with Crippen LogP contribution in [0.3, 0.4) is 0 Å². The van der Waals surface area contributed by atoms with E-state index in [1.165, 1.54) is 12.1 Å². The Balaban J connectivity index is 1.97. The molecule has 6 nitrogen and oxygen atoms in total. The third-order valence-corrected chi connectivity index (χ3v) is 4.93. The van der Waals surface area contributed by atoms with Crippen LogP contribution in [0.2, 0.25) is 0 Å². The maximum absolute atomic E-state index is 12.5. The minimum absolute atomic E-state index is 0.0899. The Morgan fingerprint density at radius 3 is 2.09 bits per heavy atom. The van der Waals surface area contributed by atoms with E-state index in [-0.39, 0.29) is 10.8 Å². The first-order chi connectivity index (χ1) is 10.6. The van der Waals surface area contributed by atoms with E-state index >= 15 is 0 Å². The van der Waals surface area contributed by atoms with Crippen molar-refractivity contribution in [2.24, 2.45) is 0 Å². The minimum Gasteiger partial charge on any atom is -0.389 e. The van der Waals surface area contributed by atoms with Crippen molar-refractivity contribution in [3.63, 3.8) is 0 Å². The Kier molecular flexibility index (Phi) is 5.13. The van der Waals surface area contributed by atoms with E-state index in [0.717, 1.165) is 19.3 Å². The van der Waals surface area contributed by atoms with Crippen LogP contribution in [0.1, 0.15) is 24.2 Å². The second-order valence-electron chi connectivity index (χ2n) is 6.68. The molecule has 0 atom stereocenters. The van der Waals surface area contributed by atoms with Crippen molar-refractivity contribution in [2.75, 3.05) is 39.0 Å². The number of rotatable bonds is 4. The van der Waals surface area contributed by atoms with Gasteiger partial charge in [0.05, 0.1) is 10.5 Å². The topological polar surface area (TPSA) is 77.9 Å². The van der Waals surface area contributed by atoms with E-state index in [1.807, 2.05) is 0 Å². The molecule has 7 heteroatoms. The number of amides is 1. The van der Waals surface area contributed by atoms with E-state index in [2.05, 4.69) is 4.90 Å². The van der Waals surface area contributed by atoms with Gasteiger partial charge in [0.15, 0.2) is 9.84 Å². The Bertz CT molecular complexity index is 654. The second-order valence-corrected chi connectivity index (χ2v) is 8.69.